The summed E-state index contributed by atoms with van der Waals surface area (Å²) >= 11 is 3.25. The van der Waals surface area contributed by atoms with Crippen molar-refractivity contribution in [1.29, 1.82) is 0 Å². The second-order valence-corrected chi connectivity index (χ2v) is 6.38. The van der Waals surface area contributed by atoms with Crippen molar-refractivity contribution in [1.82, 2.24) is 25.3 Å². The lowest BCUT2D eigenvalue weighted by molar-refractivity contribution is 0.102. The van der Waals surface area contributed by atoms with Crippen molar-refractivity contribution in [2.24, 2.45) is 0 Å². The van der Waals surface area contributed by atoms with Crippen molar-refractivity contribution < 1.29 is 4.79 Å². The van der Waals surface area contributed by atoms with Crippen molar-refractivity contribution in [3.63, 3.8) is 0 Å². The van der Waals surface area contributed by atoms with E-state index in [1.165, 1.54) is 6.20 Å². The summed E-state index contributed by atoms with van der Waals surface area (Å²) < 4.78 is 2.48. The number of hydrogen-bond donors (Lipinski definition) is 3. The standard InChI is InChI=1S/C14H17BrN6O2/c1-8-12(19-20-21(8)10-2-4-16-5-3-10)14(23)18-11-6-9(15)7-17-13(11)22/h6-7,10,16H,2-5H2,1H3,(H,17,22)(H,18,23). The lowest BCUT2D eigenvalue weighted by Gasteiger charge is -2.23. The molecule has 0 bridgehead atoms. The molecule has 1 aliphatic rings. The Morgan fingerprint density at radius 3 is 2.91 bits per heavy atom. The number of carbonyl (C=O) groups is 1. The number of rotatable bonds is 3. The second kappa shape index (κ2) is 6.63. The molecule has 2 aromatic heterocycles. The Bertz CT molecular complexity index is 778. The maximum atomic E-state index is 12.4. The minimum atomic E-state index is -0.439. The van der Waals surface area contributed by atoms with Gasteiger partial charge in [0.15, 0.2) is 5.69 Å². The first-order valence-corrected chi connectivity index (χ1v) is 8.17. The van der Waals surface area contributed by atoms with E-state index in [0.29, 0.717) is 10.2 Å². The molecule has 1 amide bonds. The molecule has 1 saturated heterocycles. The van der Waals surface area contributed by atoms with E-state index in [0.717, 1.165) is 25.9 Å². The van der Waals surface area contributed by atoms with Crippen LogP contribution in [0.5, 0.6) is 0 Å². The Balaban J connectivity index is 1.81. The van der Waals surface area contributed by atoms with Crippen LogP contribution in [0.15, 0.2) is 21.5 Å². The summed E-state index contributed by atoms with van der Waals surface area (Å²) in [7, 11) is 0. The molecule has 3 N–H and O–H groups in total. The number of piperidine rings is 1. The van der Waals surface area contributed by atoms with Crippen molar-refractivity contribution in [3.8, 4) is 0 Å². The molecule has 0 spiro atoms. The monoisotopic (exact) mass is 380 g/mol. The summed E-state index contributed by atoms with van der Waals surface area (Å²) in [4.78, 5) is 26.7. The predicted octanol–water partition coefficient (Wildman–Crippen LogP) is 1.21. The summed E-state index contributed by atoms with van der Waals surface area (Å²) in [5.41, 5.74) is 0.744. The Kier molecular flexibility index (Phi) is 4.58. The van der Waals surface area contributed by atoms with Gasteiger partial charge in [-0.05, 0) is 54.9 Å². The molecule has 122 valence electrons. The molecule has 3 rings (SSSR count). The third kappa shape index (κ3) is 3.35. The van der Waals surface area contributed by atoms with Crippen LogP contribution in [0.3, 0.4) is 0 Å². The quantitative estimate of drug-likeness (QED) is 0.742. The maximum Gasteiger partial charge on any atom is 0.278 e. The fraction of sp³-hybridized carbons (Fsp3) is 0.429. The van der Waals surface area contributed by atoms with Crippen LogP contribution in [0.1, 0.15) is 35.1 Å². The van der Waals surface area contributed by atoms with E-state index in [2.05, 4.69) is 41.9 Å². The number of H-pyrrole nitrogens is 1. The summed E-state index contributed by atoms with van der Waals surface area (Å²) in [6, 6.07) is 1.79. The largest absolute Gasteiger partial charge is 0.326 e. The van der Waals surface area contributed by atoms with E-state index >= 15 is 0 Å². The fourth-order valence-electron chi connectivity index (χ4n) is 2.68. The Labute approximate surface area is 140 Å². The van der Waals surface area contributed by atoms with Gasteiger partial charge in [-0.3, -0.25) is 9.59 Å². The molecule has 0 saturated carbocycles. The van der Waals surface area contributed by atoms with Crippen LogP contribution in [0.4, 0.5) is 5.69 Å². The second-order valence-electron chi connectivity index (χ2n) is 5.46. The van der Waals surface area contributed by atoms with E-state index < -0.39 is 5.91 Å². The smallest absolute Gasteiger partial charge is 0.278 e. The van der Waals surface area contributed by atoms with Crippen molar-refractivity contribution in [2.45, 2.75) is 25.8 Å². The van der Waals surface area contributed by atoms with Crippen LogP contribution in [0.2, 0.25) is 0 Å². The fourth-order valence-corrected chi connectivity index (χ4v) is 3.02. The minimum Gasteiger partial charge on any atom is -0.326 e. The molecule has 0 unspecified atom stereocenters. The summed E-state index contributed by atoms with van der Waals surface area (Å²) in [6.07, 6.45) is 3.42. The van der Waals surface area contributed by atoms with Gasteiger partial charge in [0.1, 0.15) is 5.69 Å². The Hall–Kier alpha value is -2.00. The van der Waals surface area contributed by atoms with Crippen LogP contribution in [-0.4, -0.2) is 39.0 Å². The van der Waals surface area contributed by atoms with Crippen LogP contribution >= 0.6 is 15.9 Å². The van der Waals surface area contributed by atoms with Gasteiger partial charge >= 0.3 is 0 Å². The van der Waals surface area contributed by atoms with Gasteiger partial charge in [0.2, 0.25) is 0 Å². The zero-order valence-corrected chi connectivity index (χ0v) is 14.2. The number of halogens is 1. The van der Waals surface area contributed by atoms with Crippen LogP contribution in [0, 0.1) is 6.92 Å². The summed E-state index contributed by atoms with van der Waals surface area (Å²) in [5.74, 6) is -0.439. The van der Waals surface area contributed by atoms with Gasteiger partial charge in [-0.15, -0.1) is 5.10 Å². The average Bonchev–Trinajstić information content (AvgIpc) is 2.93. The van der Waals surface area contributed by atoms with Crippen LogP contribution in [-0.2, 0) is 0 Å². The third-order valence-electron chi connectivity index (χ3n) is 3.91. The average molecular weight is 381 g/mol. The molecule has 1 fully saturated rings. The molecule has 8 nitrogen and oxygen atoms in total. The SMILES string of the molecule is Cc1c(C(=O)Nc2cc(Br)c[nH]c2=O)nnn1C1CCNCC1. The number of nitrogens with one attached hydrogen (secondary N) is 3. The molecule has 0 aliphatic carbocycles. The third-order valence-corrected chi connectivity index (χ3v) is 4.37. The van der Waals surface area contributed by atoms with Gasteiger partial charge in [-0.25, -0.2) is 4.68 Å². The van der Waals surface area contributed by atoms with Gasteiger partial charge in [0.05, 0.1) is 11.7 Å². The van der Waals surface area contributed by atoms with Crippen molar-refractivity contribution >= 4 is 27.5 Å². The Morgan fingerprint density at radius 1 is 1.43 bits per heavy atom. The number of aromatic amines is 1. The van der Waals surface area contributed by atoms with Crippen molar-refractivity contribution in [2.75, 3.05) is 18.4 Å². The van der Waals surface area contributed by atoms with Gasteiger partial charge in [-0.2, -0.15) is 0 Å². The zero-order valence-electron chi connectivity index (χ0n) is 12.6. The van der Waals surface area contributed by atoms with Gasteiger partial charge in [0, 0.05) is 10.7 Å². The highest BCUT2D eigenvalue weighted by Gasteiger charge is 2.23. The first-order valence-electron chi connectivity index (χ1n) is 7.38. The lowest BCUT2D eigenvalue weighted by Crippen LogP contribution is -2.30. The van der Waals surface area contributed by atoms with E-state index in [1.54, 1.807) is 10.7 Å². The first kappa shape index (κ1) is 15.9. The molecule has 2 aromatic rings. The number of pyridine rings is 1. The molecule has 23 heavy (non-hydrogen) atoms. The normalized spacial score (nSPS) is 15.6. The highest BCUT2D eigenvalue weighted by molar-refractivity contribution is 9.10. The van der Waals surface area contributed by atoms with Gasteiger partial charge in [0.25, 0.3) is 11.5 Å². The van der Waals surface area contributed by atoms with E-state index in [9.17, 15) is 9.59 Å². The molecule has 9 heteroatoms. The number of carbonyl (C=O) groups excluding carboxylic acids is 1. The Morgan fingerprint density at radius 2 is 2.17 bits per heavy atom. The highest BCUT2D eigenvalue weighted by atomic mass is 79.9. The summed E-state index contributed by atoms with van der Waals surface area (Å²) in [5, 5.41) is 14.0. The number of anilines is 1. The van der Waals surface area contributed by atoms with E-state index in [-0.39, 0.29) is 23.0 Å². The predicted molar refractivity (Wildman–Crippen MR) is 88.6 cm³/mol. The molecule has 1 aliphatic heterocycles. The topological polar surface area (TPSA) is 105 Å². The molecule has 3 heterocycles. The van der Waals surface area contributed by atoms with Crippen molar-refractivity contribution in [3.05, 3.63) is 38.5 Å². The number of amides is 1. The number of aromatic nitrogens is 4. The maximum absolute atomic E-state index is 12.4. The summed E-state index contributed by atoms with van der Waals surface area (Å²) in [6.45, 7) is 3.68. The van der Waals surface area contributed by atoms with Gasteiger partial charge < -0.3 is 15.6 Å². The first-order chi connectivity index (χ1) is 11.1. The molecular formula is C14H17BrN6O2. The highest BCUT2D eigenvalue weighted by Crippen LogP contribution is 2.20. The minimum absolute atomic E-state index is 0.167. The molecule has 0 aromatic carbocycles. The van der Waals surface area contributed by atoms with E-state index in [4.69, 9.17) is 0 Å². The number of hydrogen-bond acceptors (Lipinski definition) is 5. The van der Waals surface area contributed by atoms with E-state index in [1.807, 2.05) is 6.92 Å². The van der Waals surface area contributed by atoms with Crippen LogP contribution in [0.25, 0.3) is 0 Å². The van der Waals surface area contributed by atoms with Crippen LogP contribution < -0.4 is 16.2 Å². The molecular weight excluding hydrogens is 364 g/mol. The number of nitrogens with zero attached hydrogens (tertiary/aromatic N) is 3. The zero-order chi connectivity index (χ0) is 16.4. The van der Waals surface area contributed by atoms with Gasteiger partial charge in [-0.1, -0.05) is 5.21 Å². The lowest BCUT2D eigenvalue weighted by atomic mass is 10.1. The molecule has 0 radical (unpaired) electrons. The molecule has 0 atom stereocenters.